The average molecular weight is 597 g/mol. The summed E-state index contributed by atoms with van der Waals surface area (Å²) in [6, 6.07) is 30.3. The molecule has 2 N–H and O–H groups in total. The molecule has 8 heteroatoms. The molecule has 0 bridgehead atoms. The second kappa shape index (κ2) is 14.1. The third-order valence-electron chi connectivity index (χ3n) is 8.19. The van der Waals surface area contributed by atoms with Crippen molar-refractivity contribution in [1.29, 1.82) is 0 Å². The van der Waals surface area contributed by atoms with Gasteiger partial charge in [0.05, 0.1) is 18.8 Å². The van der Waals surface area contributed by atoms with E-state index in [9.17, 15) is 14.7 Å². The monoisotopic (exact) mass is 596 g/mol. The molecule has 0 spiro atoms. The van der Waals surface area contributed by atoms with Gasteiger partial charge in [0.1, 0.15) is 0 Å². The van der Waals surface area contributed by atoms with Crippen molar-refractivity contribution in [2.45, 2.75) is 64.4 Å². The minimum absolute atomic E-state index is 0.0137. The van der Waals surface area contributed by atoms with Crippen molar-refractivity contribution in [3.8, 4) is 0 Å². The molecule has 8 nitrogen and oxygen atoms in total. The van der Waals surface area contributed by atoms with Gasteiger partial charge < -0.3 is 24.6 Å². The second-order valence-electron chi connectivity index (χ2n) is 11.4. The molecule has 230 valence electrons. The molecule has 0 saturated carbocycles. The van der Waals surface area contributed by atoms with Gasteiger partial charge in [-0.05, 0) is 66.6 Å². The molecule has 0 unspecified atom stereocenters. The zero-order valence-corrected chi connectivity index (χ0v) is 25.6. The first-order valence-electron chi connectivity index (χ1n) is 15.0. The average Bonchev–Trinajstić information content (AvgIpc) is 3.04. The number of hydrogen-bond acceptors (Lipinski definition) is 7. The van der Waals surface area contributed by atoms with E-state index < -0.39 is 24.3 Å². The van der Waals surface area contributed by atoms with Gasteiger partial charge in [-0.15, -0.1) is 0 Å². The fourth-order valence-corrected chi connectivity index (χ4v) is 5.50. The van der Waals surface area contributed by atoms with Crippen molar-refractivity contribution in [3.05, 3.63) is 113 Å². The Bertz CT molecular complexity index is 1570. The van der Waals surface area contributed by atoms with Crippen molar-refractivity contribution in [2.24, 2.45) is 0 Å². The van der Waals surface area contributed by atoms with Crippen LogP contribution >= 0.6 is 0 Å². The summed E-state index contributed by atoms with van der Waals surface area (Å²) in [5, 5.41) is 14.7. The third kappa shape index (κ3) is 7.70. The molecule has 4 aromatic rings. The summed E-state index contributed by atoms with van der Waals surface area (Å²) in [6.07, 6.45) is -1.17. The maximum atomic E-state index is 12.4. The van der Waals surface area contributed by atoms with Crippen LogP contribution in [0.2, 0.25) is 0 Å². The van der Waals surface area contributed by atoms with Crippen LogP contribution in [0.25, 0.3) is 10.8 Å². The highest BCUT2D eigenvalue weighted by atomic mass is 16.7. The van der Waals surface area contributed by atoms with E-state index in [1.54, 1.807) is 12.1 Å². The molecule has 5 atom stereocenters. The van der Waals surface area contributed by atoms with Crippen molar-refractivity contribution in [3.63, 3.8) is 0 Å². The highest BCUT2D eigenvalue weighted by molar-refractivity contribution is 5.94. The fourth-order valence-electron chi connectivity index (χ4n) is 5.50. The molecule has 1 fully saturated rings. The Morgan fingerprint density at radius 1 is 0.932 bits per heavy atom. The van der Waals surface area contributed by atoms with Crippen LogP contribution in [0.4, 0.5) is 5.69 Å². The molecule has 0 aliphatic carbocycles. The molecule has 1 aliphatic rings. The normalized spacial score (nSPS) is 19.8. The van der Waals surface area contributed by atoms with E-state index in [2.05, 4.69) is 66.7 Å². The van der Waals surface area contributed by atoms with E-state index in [1.165, 1.54) is 30.2 Å². The van der Waals surface area contributed by atoms with Crippen molar-refractivity contribution in [1.82, 2.24) is 4.90 Å². The maximum Gasteiger partial charge on any atom is 0.303 e. The Labute approximate surface area is 258 Å². The van der Waals surface area contributed by atoms with Gasteiger partial charge >= 0.3 is 5.97 Å². The number of nitrogens with zero attached hydrogens (tertiary/aromatic N) is 1. The maximum absolute atomic E-state index is 12.4. The number of carbonyl (C=O) groups is 2. The Balaban J connectivity index is 1.32. The molecule has 1 saturated heterocycles. The number of esters is 1. The molecule has 4 aromatic carbocycles. The number of nitrogens with one attached hydrogen (secondary N) is 1. The lowest BCUT2D eigenvalue weighted by Gasteiger charge is -2.39. The number of aliphatic hydroxyl groups excluding tert-OH is 1. The molecule has 0 aromatic heterocycles. The number of fused-ring (bicyclic) bond motifs is 1. The number of carbonyl (C=O) groups excluding carboxylic acids is 2. The standard InChI is InChI=1S/C36H40N2O6/c1-23(30-14-13-27-7-5-6-8-31(27)19-30)38(4)21-33-20-34(28-11-9-26(22-39)10-12-28)44-36(43-33)29-15-17-32(18-16-29)37-35(41)24(2)42-25(3)40/h5-19,23-24,33-34,36,39H,20-22H2,1-4H3,(H,37,41)/t23-,24+,33-,34+,36+/m1/s1. The summed E-state index contributed by atoms with van der Waals surface area (Å²) < 4.78 is 18.0. The van der Waals surface area contributed by atoms with Gasteiger partial charge in [-0.3, -0.25) is 14.5 Å². The highest BCUT2D eigenvalue weighted by Gasteiger charge is 2.33. The molecule has 44 heavy (non-hydrogen) atoms. The van der Waals surface area contributed by atoms with Crippen LogP contribution in [0.3, 0.4) is 0 Å². The predicted molar refractivity (Wildman–Crippen MR) is 170 cm³/mol. The summed E-state index contributed by atoms with van der Waals surface area (Å²) in [7, 11) is 2.12. The molecular formula is C36H40N2O6. The van der Waals surface area contributed by atoms with Gasteiger partial charge in [0, 0.05) is 37.2 Å². The van der Waals surface area contributed by atoms with Gasteiger partial charge in [-0.2, -0.15) is 0 Å². The number of rotatable bonds is 10. The number of likely N-dealkylation sites (N-methyl/N-ethyl adjacent to an activating group) is 1. The van der Waals surface area contributed by atoms with Crippen LogP contribution in [-0.2, 0) is 30.4 Å². The van der Waals surface area contributed by atoms with Crippen LogP contribution in [0.1, 0.15) is 67.9 Å². The number of benzene rings is 4. The lowest BCUT2D eigenvalue weighted by molar-refractivity contribution is -0.253. The Morgan fingerprint density at radius 2 is 1.61 bits per heavy atom. The molecule has 1 heterocycles. The van der Waals surface area contributed by atoms with Crippen LogP contribution < -0.4 is 5.32 Å². The van der Waals surface area contributed by atoms with Gasteiger partial charge in [-0.25, -0.2) is 0 Å². The van der Waals surface area contributed by atoms with Crippen LogP contribution in [0, 0.1) is 0 Å². The molecule has 0 radical (unpaired) electrons. The van der Waals surface area contributed by atoms with Gasteiger partial charge in [0.25, 0.3) is 5.91 Å². The smallest absolute Gasteiger partial charge is 0.303 e. The van der Waals surface area contributed by atoms with Gasteiger partial charge in [0.15, 0.2) is 12.4 Å². The number of anilines is 1. The lowest BCUT2D eigenvalue weighted by Crippen LogP contribution is -2.38. The lowest BCUT2D eigenvalue weighted by atomic mass is 9.98. The van der Waals surface area contributed by atoms with E-state index in [0.717, 1.165) is 16.7 Å². The van der Waals surface area contributed by atoms with Crippen LogP contribution in [0.15, 0.2) is 91.0 Å². The summed E-state index contributed by atoms with van der Waals surface area (Å²) in [5.41, 5.74) is 4.51. The van der Waals surface area contributed by atoms with Gasteiger partial charge in [-0.1, -0.05) is 72.8 Å². The SMILES string of the molecule is CC(=O)O[C@@H](C)C(=O)Nc1ccc([C@H]2O[C@@H](CN(C)[C@H](C)c3ccc4ccccc4c3)C[C@@H](c3ccc(CO)cc3)O2)cc1. The summed E-state index contributed by atoms with van der Waals surface area (Å²) in [6.45, 7) is 5.69. The minimum atomic E-state index is -0.898. The second-order valence-corrected chi connectivity index (χ2v) is 11.4. The predicted octanol–water partition coefficient (Wildman–Crippen LogP) is 6.46. The highest BCUT2D eigenvalue weighted by Crippen LogP contribution is 2.39. The molecule has 1 amide bonds. The zero-order chi connectivity index (χ0) is 31.2. The fraction of sp³-hybridized carbons (Fsp3) is 0.333. The van der Waals surface area contributed by atoms with E-state index in [1.807, 2.05) is 36.4 Å². The summed E-state index contributed by atoms with van der Waals surface area (Å²) in [5.74, 6) is -0.921. The Morgan fingerprint density at radius 3 is 2.30 bits per heavy atom. The number of hydrogen-bond donors (Lipinski definition) is 2. The van der Waals surface area contributed by atoms with E-state index in [-0.39, 0.29) is 24.9 Å². The first-order valence-corrected chi connectivity index (χ1v) is 15.0. The zero-order valence-electron chi connectivity index (χ0n) is 25.6. The van der Waals surface area contributed by atoms with Crippen LogP contribution in [0.5, 0.6) is 0 Å². The summed E-state index contributed by atoms with van der Waals surface area (Å²) in [4.78, 5) is 25.9. The molecule has 1 aliphatic heterocycles. The van der Waals surface area contributed by atoms with Crippen LogP contribution in [-0.4, -0.2) is 47.7 Å². The number of amides is 1. The first kappa shape index (κ1) is 31.3. The third-order valence-corrected chi connectivity index (χ3v) is 8.19. The topological polar surface area (TPSA) is 97.3 Å². The van der Waals surface area contributed by atoms with Crippen molar-refractivity contribution >= 4 is 28.3 Å². The van der Waals surface area contributed by atoms with Gasteiger partial charge in [0.2, 0.25) is 0 Å². The number of ether oxygens (including phenoxy) is 3. The van der Waals surface area contributed by atoms with Crippen molar-refractivity contribution < 1.29 is 28.9 Å². The van der Waals surface area contributed by atoms with Crippen molar-refractivity contribution in [2.75, 3.05) is 18.9 Å². The molecular weight excluding hydrogens is 556 g/mol. The number of aliphatic hydroxyl groups is 1. The largest absolute Gasteiger partial charge is 0.453 e. The Hall–Kier alpha value is -4.08. The van der Waals surface area contributed by atoms with E-state index >= 15 is 0 Å². The Kier molecular flexibility index (Phi) is 10.1. The van der Waals surface area contributed by atoms with E-state index in [0.29, 0.717) is 18.7 Å². The molecule has 5 rings (SSSR count). The van der Waals surface area contributed by atoms with E-state index in [4.69, 9.17) is 14.2 Å². The first-order chi connectivity index (χ1) is 21.2. The summed E-state index contributed by atoms with van der Waals surface area (Å²) >= 11 is 0. The quantitative estimate of drug-likeness (QED) is 0.203. The minimum Gasteiger partial charge on any atom is -0.453 e.